The van der Waals surface area contributed by atoms with Crippen LogP contribution in [0.15, 0.2) is 42.9 Å². The minimum atomic E-state index is 0.0958. The van der Waals surface area contributed by atoms with E-state index in [1.54, 1.807) is 0 Å². The molecule has 2 fully saturated rings. The summed E-state index contributed by atoms with van der Waals surface area (Å²) in [6.45, 7) is 5.10. The van der Waals surface area contributed by atoms with Crippen LogP contribution in [0.4, 0.5) is 0 Å². The largest absolute Gasteiger partial charge is 0.373 e. The Hall–Kier alpha value is -1.69. The number of aromatic nitrogens is 2. The molecular weight excluding hydrogens is 324 g/mol. The van der Waals surface area contributed by atoms with Gasteiger partial charge in [0.05, 0.1) is 12.2 Å². The van der Waals surface area contributed by atoms with Gasteiger partial charge in [-0.2, -0.15) is 0 Å². The Morgan fingerprint density at radius 2 is 2.12 bits per heavy atom. The Morgan fingerprint density at radius 3 is 2.81 bits per heavy atom. The number of pyridine rings is 1. The third-order valence-corrected chi connectivity index (χ3v) is 6.17. The van der Waals surface area contributed by atoms with Crippen molar-refractivity contribution in [1.29, 1.82) is 0 Å². The number of hydrogen-bond donors (Lipinski definition) is 0. The van der Waals surface area contributed by atoms with E-state index in [-0.39, 0.29) is 5.60 Å². The summed E-state index contributed by atoms with van der Waals surface area (Å²) in [4.78, 5) is 9.23. The van der Waals surface area contributed by atoms with E-state index in [1.165, 1.54) is 11.3 Å². The normalized spacial score (nSPS) is 23.1. The molecule has 0 bridgehead atoms. The number of hydrogen-bond acceptors (Lipinski definition) is 4. The Labute approximate surface area is 156 Å². The van der Waals surface area contributed by atoms with Crippen molar-refractivity contribution < 1.29 is 4.74 Å². The molecule has 140 valence electrons. The molecule has 2 saturated heterocycles. The summed E-state index contributed by atoms with van der Waals surface area (Å²) < 4.78 is 8.59. The second kappa shape index (κ2) is 7.51. The fourth-order valence-electron chi connectivity index (χ4n) is 4.37. The van der Waals surface area contributed by atoms with Gasteiger partial charge in [0, 0.05) is 63.6 Å². The van der Waals surface area contributed by atoms with Crippen molar-refractivity contribution in [2.75, 3.05) is 26.7 Å². The molecule has 5 nitrogen and oxygen atoms in total. The summed E-state index contributed by atoms with van der Waals surface area (Å²) in [6.07, 6.45) is 9.37. The van der Waals surface area contributed by atoms with Gasteiger partial charge in [-0.3, -0.25) is 14.8 Å². The number of rotatable bonds is 5. The summed E-state index contributed by atoms with van der Waals surface area (Å²) in [6, 6.07) is 9.02. The number of likely N-dealkylation sites (N-methyl/N-ethyl adjacent to an activating group) is 1. The molecule has 0 aromatic carbocycles. The Balaban J connectivity index is 1.29. The second-order valence-corrected chi connectivity index (χ2v) is 8.01. The second-order valence-electron chi connectivity index (χ2n) is 8.01. The monoisotopic (exact) mass is 354 g/mol. The number of aryl methyl sites for hydroxylation is 1. The van der Waals surface area contributed by atoms with Crippen LogP contribution in [0.5, 0.6) is 0 Å². The van der Waals surface area contributed by atoms with Crippen molar-refractivity contribution in [3.63, 3.8) is 0 Å². The van der Waals surface area contributed by atoms with E-state index >= 15 is 0 Å². The SMILES string of the molecule is CN(Cc1cccnc1)[C@H]1COC2(CCN(Cc3cccn3C)CC2)C1. The summed E-state index contributed by atoms with van der Waals surface area (Å²) in [5.74, 6) is 0. The topological polar surface area (TPSA) is 33.5 Å². The van der Waals surface area contributed by atoms with E-state index in [4.69, 9.17) is 4.74 Å². The number of ether oxygens (including phenoxy) is 1. The van der Waals surface area contributed by atoms with Gasteiger partial charge in [0.15, 0.2) is 0 Å². The highest BCUT2D eigenvalue weighted by Gasteiger charge is 2.43. The van der Waals surface area contributed by atoms with Crippen LogP contribution in [0.3, 0.4) is 0 Å². The first-order valence-electron chi connectivity index (χ1n) is 9.69. The molecule has 2 aliphatic rings. The highest BCUT2D eigenvalue weighted by atomic mass is 16.5. The zero-order chi connectivity index (χ0) is 18.0. The number of likely N-dealkylation sites (tertiary alicyclic amines) is 1. The summed E-state index contributed by atoms with van der Waals surface area (Å²) in [7, 11) is 4.34. The quantitative estimate of drug-likeness (QED) is 0.827. The fourth-order valence-corrected chi connectivity index (χ4v) is 4.37. The smallest absolute Gasteiger partial charge is 0.0723 e. The minimum Gasteiger partial charge on any atom is -0.373 e. The first-order valence-corrected chi connectivity index (χ1v) is 9.69. The molecule has 2 aromatic rings. The predicted molar refractivity (Wildman–Crippen MR) is 103 cm³/mol. The molecular formula is C21H30N4O. The standard InChI is InChI=1S/C21H30N4O/c1-23-10-4-6-19(23)16-25-11-7-21(8-12-25)13-20(17-26-21)24(2)15-18-5-3-9-22-14-18/h3-6,9-10,14,20H,7-8,11-13,15-17H2,1-2H3/t20-/m1/s1. The summed E-state index contributed by atoms with van der Waals surface area (Å²) in [5.41, 5.74) is 2.76. The lowest BCUT2D eigenvalue weighted by Gasteiger charge is -2.39. The molecule has 0 amide bonds. The van der Waals surface area contributed by atoms with E-state index in [0.717, 1.165) is 52.0 Å². The summed E-state index contributed by atoms with van der Waals surface area (Å²) >= 11 is 0. The molecule has 2 aliphatic heterocycles. The summed E-state index contributed by atoms with van der Waals surface area (Å²) in [5, 5.41) is 0. The molecule has 0 saturated carbocycles. The van der Waals surface area contributed by atoms with E-state index in [2.05, 4.69) is 57.8 Å². The average Bonchev–Trinajstić information content (AvgIpc) is 3.25. The Bertz CT molecular complexity index is 706. The maximum absolute atomic E-state index is 6.37. The average molecular weight is 354 g/mol. The predicted octanol–water partition coefficient (Wildman–Crippen LogP) is 2.68. The zero-order valence-electron chi connectivity index (χ0n) is 16.0. The molecule has 0 N–H and O–H groups in total. The van der Waals surface area contributed by atoms with Gasteiger partial charge in [-0.15, -0.1) is 0 Å². The lowest BCUT2D eigenvalue weighted by molar-refractivity contribution is -0.0455. The van der Waals surface area contributed by atoms with Gasteiger partial charge in [0.1, 0.15) is 0 Å². The van der Waals surface area contributed by atoms with Crippen LogP contribution in [-0.4, -0.2) is 57.7 Å². The third-order valence-electron chi connectivity index (χ3n) is 6.17. The van der Waals surface area contributed by atoms with Crippen molar-refractivity contribution >= 4 is 0 Å². The fraction of sp³-hybridized carbons (Fsp3) is 0.571. The van der Waals surface area contributed by atoms with Crippen LogP contribution in [0.2, 0.25) is 0 Å². The van der Waals surface area contributed by atoms with Gasteiger partial charge >= 0.3 is 0 Å². The van der Waals surface area contributed by atoms with Gasteiger partial charge in [-0.1, -0.05) is 6.07 Å². The maximum atomic E-state index is 6.37. The van der Waals surface area contributed by atoms with Gasteiger partial charge in [0.25, 0.3) is 0 Å². The maximum Gasteiger partial charge on any atom is 0.0723 e. The van der Waals surface area contributed by atoms with Crippen LogP contribution in [0.1, 0.15) is 30.5 Å². The van der Waals surface area contributed by atoms with E-state index in [1.807, 2.05) is 18.5 Å². The van der Waals surface area contributed by atoms with Crippen molar-refractivity contribution in [1.82, 2.24) is 19.4 Å². The first-order chi connectivity index (χ1) is 12.6. The van der Waals surface area contributed by atoms with E-state index < -0.39 is 0 Å². The van der Waals surface area contributed by atoms with Crippen LogP contribution < -0.4 is 0 Å². The van der Waals surface area contributed by atoms with Crippen molar-refractivity contribution in [2.45, 2.75) is 44.0 Å². The number of piperidine rings is 1. The highest BCUT2D eigenvalue weighted by Crippen LogP contribution is 2.38. The third kappa shape index (κ3) is 3.85. The molecule has 26 heavy (non-hydrogen) atoms. The van der Waals surface area contributed by atoms with E-state index in [9.17, 15) is 0 Å². The molecule has 5 heteroatoms. The lowest BCUT2D eigenvalue weighted by atomic mass is 9.87. The van der Waals surface area contributed by atoms with Gasteiger partial charge in [-0.25, -0.2) is 0 Å². The molecule has 0 radical (unpaired) electrons. The van der Waals surface area contributed by atoms with Crippen LogP contribution in [0, 0.1) is 0 Å². The van der Waals surface area contributed by atoms with Crippen molar-refractivity contribution in [3.05, 3.63) is 54.1 Å². The van der Waals surface area contributed by atoms with E-state index in [0.29, 0.717) is 6.04 Å². The van der Waals surface area contributed by atoms with Gasteiger partial charge in [-0.05, 0) is 50.1 Å². The Kier molecular flexibility index (Phi) is 5.11. The molecule has 0 aliphatic carbocycles. The number of nitrogens with zero attached hydrogens (tertiary/aromatic N) is 4. The van der Waals surface area contributed by atoms with Gasteiger partial charge < -0.3 is 9.30 Å². The highest BCUT2D eigenvalue weighted by molar-refractivity contribution is 5.09. The zero-order valence-corrected chi connectivity index (χ0v) is 16.0. The molecule has 1 spiro atoms. The molecule has 1 atom stereocenters. The molecule has 2 aromatic heterocycles. The molecule has 0 unspecified atom stereocenters. The molecule has 4 rings (SSSR count). The van der Waals surface area contributed by atoms with Crippen LogP contribution >= 0.6 is 0 Å². The minimum absolute atomic E-state index is 0.0958. The lowest BCUT2D eigenvalue weighted by Crippen LogP contribution is -2.44. The van der Waals surface area contributed by atoms with Crippen molar-refractivity contribution in [2.24, 2.45) is 7.05 Å². The van der Waals surface area contributed by atoms with Crippen LogP contribution in [-0.2, 0) is 24.9 Å². The molecule has 4 heterocycles. The Morgan fingerprint density at radius 1 is 1.27 bits per heavy atom. The van der Waals surface area contributed by atoms with Crippen molar-refractivity contribution in [3.8, 4) is 0 Å². The van der Waals surface area contributed by atoms with Gasteiger partial charge in [0.2, 0.25) is 0 Å². The first kappa shape index (κ1) is 17.7. The van der Waals surface area contributed by atoms with Crippen LogP contribution in [0.25, 0.3) is 0 Å².